The van der Waals surface area contributed by atoms with Crippen molar-refractivity contribution in [3.05, 3.63) is 28.8 Å². The number of halogens is 1. The van der Waals surface area contributed by atoms with Gasteiger partial charge in [-0.25, -0.2) is 0 Å². The molecule has 0 aliphatic heterocycles. The zero-order valence-corrected chi connectivity index (χ0v) is 11.5. The lowest BCUT2D eigenvalue weighted by molar-refractivity contribution is 0.0669. The molecule has 0 aliphatic carbocycles. The third-order valence-electron chi connectivity index (χ3n) is 2.60. The van der Waals surface area contributed by atoms with E-state index in [1.165, 1.54) is 0 Å². The summed E-state index contributed by atoms with van der Waals surface area (Å²) in [6, 6.07) is 4.92. The number of benzene rings is 1. The highest BCUT2D eigenvalue weighted by Gasteiger charge is 2.16. The lowest BCUT2D eigenvalue weighted by Gasteiger charge is -2.21. The largest absolute Gasteiger partial charge is 0.399 e. The van der Waals surface area contributed by atoms with Gasteiger partial charge in [-0.15, -0.1) is 0 Å². The number of nitrogens with zero attached hydrogens (tertiary/aromatic N) is 1. The smallest absolute Gasteiger partial charge is 0.255 e. The monoisotopic (exact) mass is 270 g/mol. The van der Waals surface area contributed by atoms with Crippen molar-refractivity contribution in [3.8, 4) is 0 Å². The highest BCUT2D eigenvalue weighted by molar-refractivity contribution is 6.34. The van der Waals surface area contributed by atoms with E-state index in [1.54, 1.807) is 23.1 Å². The lowest BCUT2D eigenvalue weighted by atomic mass is 10.2. The van der Waals surface area contributed by atoms with Crippen LogP contribution >= 0.6 is 11.6 Å². The molecule has 1 rings (SSSR count). The molecule has 0 unspecified atom stereocenters. The molecule has 0 aromatic heterocycles. The number of carbonyl (C=O) groups excluding carboxylic acids is 1. The Morgan fingerprint density at radius 2 is 2.17 bits per heavy atom. The molecule has 0 bridgehead atoms. The van der Waals surface area contributed by atoms with Crippen LogP contribution in [0.2, 0.25) is 5.02 Å². The number of hydrogen-bond acceptors (Lipinski definition) is 3. The van der Waals surface area contributed by atoms with E-state index in [1.807, 2.05) is 13.8 Å². The Morgan fingerprint density at radius 1 is 1.44 bits per heavy atom. The zero-order chi connectivity index (χ0) is 13.5. The predicted molar refractivity (Wildman–Crippen MR) is 73.9 cm³/mol. The molecule has 5 heteroatoms. The van der Waals surface area contributed by atoms with Crippen LogP contribution in [0, 0.1) is 0 Å². The Hall–Kier alpha value is -1.26. The summed E-state index contributed by atoms with van der Waals surface area (Å²) in [5, 5.41) is 0.384. The van der Waals surface area contributed by atoms with E-state index in [4.69, 9.17) is 22.1 Å². The molecule has 0 heterocycles. The molecule has 18 heavy (non-hydrogen) atoms. The Labute approximate surface area is 113 Å². The summed E-state index contributed by atoms with van der Waals surface area (Å²) in [4.78, 5) is 13.9. The quantitative estimate of drug-likeness (QED) is 0.638. The van der Waals surface area contributed by atoms with E-state index in [0.29, 0.717) is 42.6 Å². The summed E-state index contributed by atoms with van der Waals surface area (Å²) >= 11 is 6.03. The first-order chi connectivity index (χ1) is 8.60. The van der Waals surface area contributed by atoms with E-state index in [0.717, 1.165) is 0 Å². The van der Waals surface area contributed by atoms with E-state index in [2.05, 4.69) is 0 Å². The van der Waals surface area contributed by atoms with E-state index in [-0.39, 0.29) is 5.91 Å². The fourth-order valence-electron chi connectivity index (χ4n) is 1.60. The number of carbonyl (C=O) groups is 1. The molecule has 100 valence electrons. The van der Waals surface area contributed by atoms with E-state index < -0.39 is 0 Å². The topological polar surface area (TPSA) is 55.6 Å². The predicted octanol–water partition coefficient (Wildman–Crippen LogP) is 2.42. The van der Waals surface area contributed by atoms with Gasteiger partial charge in [0.2, 0.25) is 0 Å². The van der Waals surface area contributed by atoms with Gasteiger partial charge >= 0.3 is 0 Å². The van der Waals surface area contributed by atoms with Crippen LogP contribution in [-0.2, 0) is 4.74 Å². The number of amides is 1. The molecule has 0 radical (unpaired) electrons. The second kappa shape index (κ2) is 7.24. The van der Waals surface area contributed by atoms with Crippen molar-refractivity contribution in [2.75, 3.05) is 32.0 Å². The normalized spacial score (nSPS) is 10.4. The van der Waals surface area contributed by atoms with Gasteiger partial charge in [-0.3, -0.25) is 4.79 Å². The van der Waals surface area contributed by atoms with Crippen molar-refractivity contribution in [2.45, 2.75) is 13.8 Å². The number of anilines is 1. The maximum absolute atomic E-state index is 12.2. The molecule has 1 aromatic rings. The van der Waals surface area contributed by atoms with Gasteiger partial charge in [0, 0.05) is 25.4 Å². The molecular formula is C13H19ClN2O2. The molecule has 2 N–H and O–H groups in total. The second-order valence-corrected chi connectivity index (χ2v) is 4.23. The average molecular weight is 271 g/mol. The first-order valence-corrected chi connectivity index (χ1v) is 6.40. The van der Waals surface area contributed by atoms with Crippen LogP contribution in [0.1, 0.15) is 24.2 Å². The van der Waals surface area contributed by atoms with Crippen molar-refractivity contribution >= 4 is 23.2 Å². The molecule has 1 aromatic carbocycles. The molecule has 0 spiro atoms. The number of nitrogen functional groups attached to an aromatic ring is 1. The van der Waals surface area contributed by atoms with Crippen molar-refractivity contribution in [1.82, 2.24) is 4.90 Å². The highest BCUT2D eigenvalue weighted by atomic mass is 35.5. The first-order valence-electron chi connectivity index (χ1n) is 6.02. The summed E-state index contributed by atoms with van der Waals surface area (Å²) in [6.45, 7) is 6.21. The van der Waals surface area contributed by atoms with Crippen molar-refractivity contribution in [2.24, 2.45) is 0 Å². The molecular weight excluding hydrogens is 252 g/mol. The van der Waals surface area contributed by atoms with Crippen molar-refractivity contribution < 1.29 is 9.53 Å². The average Bonchev–Trinajstić information content (AvgIpc) is 2.34. The van der Waals surface area contributed by atoms with Gasteiger partial charge in [0.05, 0.1) is 17.2 Å². The standard InChI is InChI=1S/C13H19ClN2O2/c1-3-16(7-8-18-4-2)13(17)11-6-5-10(15)9-12(11)14/h5-6,9H,3-4,7-8,15H2,1-2H3. The van der Waals surface area contributed by atoms with Gasteiger partial charge in [-0.2, -0.15) is 0 Å². The van der Waals surface area contributed by atoms with Crippen LogP contribution in [0.15, 0.2) is 18.2 Å². The Bertz CT molecular complexity index is 410. The number of hydrogen-bond donors (Lipinski definition) is 1. The van der Waals surface area contributed by atoms with Crippen molar-refractivity contribution in [1.29, 1.82) is 0 Å². The molecule has 0 saturated heterocycles. The van der Waals surface area contributed by atoms with Gasteiger partial charge in [0.15, 0.2) is 0 Å². The van der Waals surface area contributed by atoms with Crippen LogP contribution in [0.5, 0.6) is 0 Å². The number of ether oxygens (including phenoxy) is 1. The Morgan fingerprint density at radius 3 is 2.72 bits per heavy atom. The number of likely N-dealkylation sites (N-methyl/N-ethyl adjacent to an activating group) is 1. The van der Waals surface area contributed by atoms with Crippen LogP contribution < -0.4 is 5.73 Å². The first kappa shape index (κ1) is 14.8. The highest BCUT2D eigenvalue weighted by Crippen LogP contribution is 2.20. The van der Waals surface area contributed by atoms with E-state index in [9.17, 15) is 4.79 Å². The Kier molecular flexibility index (Phi) is 5.95. The minimum absolute atomic E-state index is 0.0952. The van der Waals surface area contributed by atoms with Gasteiger partial charge in [0.1, 0.15) is 0 Å². The summed E-state index contributed by atoms with van der Waals surface area (Å²) in [5.41, 5.74) is 6.63. The van der Waals surface area contributed by atoms with Crippen LogP contribution in [0.25, 0.3) is 0 Å². The third kappa shape index (κ3) is 3.89. The maximum Gasteiger partial charge on any atom is 0.255 e. The van der Waals surface area contributed by atoms with Gasteiger partial charge in [0.25, 0.3) is 5.91 Å². The van der Waals surface area contributed by atoms with E-state index >= 15 is 0 Å². The summed E-state index contributed by atoms with van der Waals surface area (Å²) in [6.07, 6.45) is 0. The molecule has 0 fully saturated rings. The molecule has 0 saturated carbocycles. The van der Waals surface area contributed by atoms with Crippen LogP contribution in [0.4, 0.5) is 5.69 Å². The third-order valence-corrected chi connectivity index (χ3v) is 2.91. The Balaban J connectivity index is 2.76. The minimum atomic E-state index is -0.0952. The van der Waals surface area contributed by atoms with Crippen molar-refractivity contribution in [3.63, 3.8) is 0 Å². The number of nitrogens with two attached hydrogens (primary N) is 1. The maximum atomic E-state index is 12.2. The zero-order valence-electron chi connectivity index (χ0n) is 10.8. The fraction of sp³-hybridized carbons (Fsp3) is 0.462. The van der Waals surface area contributed by atoms with Gasteiger partial charge in [-0.05, 0) is 32.0 Å². The fourth-order valence-corrected chi connectivity index (χ4v) is 1.87. The lowest BCUT2D eigenvalue weighted by Crippen LogP contribution is -2.34. The van der Waals surface area contributed by atoms with Gasteiger partial charge < -0.3 is 15.4 Å². The van der Waals surface area contributed by atoms with Crippen LogP contribution in [0.3, 0.4) is 0 Å². The molecule has 4 nitrogen and oxygen atoms in total. The van der Waals surface area contributed by atoms with Gasteiger partial charge in [-0.1, -0.05) is 11.6 Å². The second-order valence-electron chi connectivity index (χ2n) is 3.82. The molecule has 0 atom stereocenters. The summed E-state index contributed by atoms with van der Waals surface area (Å²) in [7, 11) is 0. The molecule has 1 amide bonds. The SMILES string of the molecule is CCOCCN(CC)C(=O)c1ccc(N)cc1Cl. The number of rotatable bonds is 6. The van der Waals surface area contributed by atoms with Crippen LogP contribution in [-0.4, -0.2) is 37.1 Å². The summed E-state index contributed by atoms with van der Waals surface area (Å²) in [5.74, 6) is -0.0952. The summed E-state index contributed by atoms with van der Waals surface area (Å²) < 4.78 is 5.25. The minimum Gasteiger partial charge on any atom is -0.399 e. The molecule has 0 aliphatic rings.